The highest BCUT2D eigenvalue weighted by molar-refractivity contribution is 14.0. The lowest BCUT2D eigenvalue weighted by molar-refractivity contribution is -0.142. The number of amides is 1. The smallest absolute Gasteiger partial charge is 0.341 e. The fourth-order valence-electron chi connectivity index (χ4n) is 3.83. The van der Waals surface area contributed by atoms with Gasteiger partial charge in [0.25, 0.3) is 5.91 Å². The summed E-state index contributed by atoms with van der Waals surface area (Å²) in [5.74, 6) is 0.926. The number of piperazine rings is 1. The summed E-state index contributed by atoms with van der Waals surface area (Å²) in [6.45, 7) is 6.57. The first kappa shape index (κ1) is 26.2. The van der Waals surface area contributed by atoms with Gasteiger partial charge in [-0.15, -0.1) is 24.0 Å². The van der Waals surface area contributed by atoms with E-state index in [4.69, 9.17) is 19.2 Å². The number of benzene rings is 1. The first-order chi connectivity index (χ1) is 15.1. The minimum absolute atomic E-state index is 0. The van der Waals surface area contributed by atoms with Crippen molar-refractivity contribution in [2.45, 2.75) is 32.4 Å². The molecule has 1 aromatic carbocycles. The number of methoxy groups -OCH3 is 2. The zero-order valence-corrected chi connectivity index (χ0v) is 21.3. The second-order valence-corrected chi connectivity index (χ2v) is 7.51. The van der Waals surface area contributed by atoms with Crippen LogP contribution in [0.1, 0.15) is 35.7 Å². The molecule has 1 amide bonds. The van der Waals surface area contributed by atoms with Gasteiger partial charge in [-0.25, -0.2) is 9.79 Å². The van der Waals surface area contributed by atoms with Crippen LogP contribution in [0.3, 0.4) is 0 Å². The van der Waals surface area contributed by atoms with E-state index in [0.717, 1.165) is 30.9 Å². The topological polar surface area (TPSA) is 92.7 Å². The van der Waals surface area contributed by atoms with Crippen LogP contribution in [-0.4, -0.2) is 87.3 Å². The molecule has 2 saturated heterocycles. The number of hydrogen-bond donors (Lipinski definition) is 1. The highest BCUT2D eigenvalue weighted by Crippen LogP contribution is 2.21. The number of aliphatic imine (C=N–C) groups is 1. The van der Waals surface area contributed by atoms with Gasteiger partial charge in [0.1, 0.15) is 17.4 Å². The van der Waals surface area contributed by atoms with Crippen LogP contribution >= 0.6 is 24.0 Å². The van der Waals surface area contributed by atoms with E-state index < -0.39 is 5.97 Å². The Bertz CT molecular complexity index is 806. The molecule has 2 fully saturated rings. The molecule has 2 aliphatic heterocycles. The fraction of sp³-hybridized carbons (Fsp3) is 0.591. The number of esters is 1. The van der Waals surface area contributed by atoms with Crippen LogP contribution in [-0.2, 0) is 20.8 Å². The molecule has 1 unspecified atom stereocenters. The number of carbonyl (C=O) groups is 2. The zero-order chi connectivity index (χ0) is 22.2. The molecule has 0 aliphatic carbocycles. The van der Waals surface area contributed by atoms with Crippen molar-refractivity contribution in [1.29, 1.82) is 0 Å². The number of hydrogen-bond acceptors (Lipinski definition) is 6. The first-order valence-corrected chi connectivity index (χ1v) is 10.8. The molecule has 0 aromatic heterocycles. The van der Waals surface area contributed by atoms with Gasteiger partial charge in [0.15, 0.2) is 5.96 Å². The number of ether oxygens (including phenoxy) is 3. The third-order valence-electron chi connectivity index (χ3n) is 5.51. The predicted octanol–water partition coefficient (Wildman–Crippen LogP) is 1.89. The maximum atomic E-state index is 12.6. The number of guanidine groups is 1. The fourth-order valence-corrected chi connectivity index (χ4v) is 3.83. The average molecular weight is 560 g/mol. The van der Waals surface area contributed by atoms with Crippen molar-refractivity contribution in [3.05, 3.63) is 29.3 Å². The summed E-state index contributed by atoms with van der Waals surface area (Å²) in [6, 6.07) is 5.38. The van der Waals surface area contributed by atoms with Crippen LogP contribution < -0.4 is 10.1 Å². The summed E-state index contributed by atoms with van der Waals surface area (Å²) in [5.41, 5.74) is 1.26. The molecule has 1 atom stereocenters. The van der Waals surface area contributed by atoms with Crippen molar-refractivity contribution in [3.63, 3.8) is 0 Å². The number of halogens is 1. The Morgan fingerprint density at radius 3 is 2.50 bits per heavy atom. The van der Waals surface area contributed by atoms with Gasteiger partial charge in [-0.05, 0) is 37.5 Å². The van der Waals surface area contributed by atoms with E-state index in [1.54, 1.807) is 12.1 Å². The molecular weight excluding hydrogens is 527 g/mol. The van der Waals surface area contributed by atoms with Crippen molar-refractivity contribution in [3.8, 4) is 5.75 Å². The maximum Gasteiger partial charge on any atom is 0.341 e. The average Bonchev–Trinajstić information content (AvgIpc) is 3.35. The van der Waals surface area contributed by atoms with Crippen molar-refractivity contribution in [1.82, 2.24) is 15.1 Å². The van der Waals surface area contributed by atoms with Gasteiger partial charge in [-0.2, -0.15) is 0 Å². The van der Waals surface area contributed by atoms with Crippen LogP contribution in [0, 0.1) is 0 Å². The van der Waals surface area contributed by atoms with Crippen molar-refractivity contribution < 1.29 is 23.8 Å². The molecule has 0 saturated carbocycles. The molecular formula is C22H33IN4O5. The quantitative estimate of drug-likeness (QED) is 0.246. The molecule has 1 N–H and O–H groups in total. The van der Waals surface area contributed by atoms with Crippen molar-refractivity contribution in [2.24, 2.45) is 4.99 Å². The molecule has 2 aliphatic rings. The van der Waals surface area contributed by atoms with E-state index in [-0.39, 0.29) is 36.0 Å². The van der Waals surface area contributed by atoms with Gasteiger partial charge in [0.2, 0.25) is 0 Å². The third kappa shape index (κ3) is 6.47. The molecule has 1 aromatic rings. The predicted molar refractivity (Wildman–Crippen MR) is 132 cm³/mol. The third-order valence-corrected chi connectivity index (χ3v) is 5.51. The molecule has 0 spiro atoms. The van der Waals surface area contributed by atoms with E-state index in [2.05, 4.69) is 10.2 Å². The summed E-state index contributed by atoms with van der Waals surface area (Å²) in [6.07, 6.45) is 1.50. The van der Waals surface area contributed by atoms with Gasteiger partial charge in [0.05, 0.1) is 20.8 Å². The highest BCUT2D eigenvalue weighted by atomic mass is 127. The van der Waals surface area contributed by atoms with Gasteiger partial charge in [0, 0.05) is 39.3 Å². The summed E-state index contributed by atoms with van der Waals surface area (Å²) in [5, 5.41) is 3.32. The summed E-state index contributed by atoms with van der Waals surface area (Å²) < 4.78 is 15.6. The molecule has 9 nitrogen and oxygen atoms in total. The second kappa shape index (κ2) is 12.8. The van der Waals surface area contributed by atoms with Crippen molar-refractivity contribution in [2.75, 3.05) is 53.6 Å². The molecule has 178 valence electrons. The molecule has 0 radical (unpaired) electrons. The summed E-state index contributed by atoms with van der Waals surface area (Å²) in [7, 11) is 2.87. The van der Waals surface area contributed by atoms with Crippen LogP contribution in [0.15, 0.2) is 23.2 Å². The Hall–Kier alpha value is -2.08. The maximum absolute atomic E-state index is 12.6. The largest absolute Gasteiger partial charge is 0.496 e. The summed E-state index contributed by atoms with van der Waals surface area (Å²) >= 11 is 0. The standard InChI is InChI=1S/C22H32N4O5.HI/c1-4-23-22(24-15-16-7-8-18(29-2)17(14-16)21(28)30-3)26-11-9-25(10-12-26)20(27)19-6-5-13-31-19;/h7-8,14,19H,4-6,9-13,15H2,1-3H3,(H,23,24);1H. The Morgan fingerprint density at radius 2 is 1.91 bits per heavy atom. The SMILES string of the molecule is CCNC(=NCc1ccc(OC)c(C(=O)OC)c1)N1CCN(C(=O)C2CCCO2)CC1.I. The van der Waals surface area contributed by atoms with E-state index in [9.17, 15) is 9.59 Å². The van der Waals surface area contributed by atoms with Crippen LogP contribution in [0.25, 0.3) is 0 Å². The van der Waals surface area contributed by atoms with E-state index in [1.807, 2.05) is 17.9 Å². The molecule has 2 heterocycles. The van der Waals surface area contributed by atoms with E-state index in [1.165, 1.54) is 14.2 Å². The summed E-state index contributed by atoms with van der Waals surface area (Å²) in [4.78, 5) is 33.4. The Kier molecular flexibility index (Phi) is 10.5. The number of nitrogens with zero attached hydrogens (tertiary/aromatic N) is 3. The van der Waals surface area contributed by atoms with Gasteiger partial charge in [-0.1, -0.05) is 6.07 Å². The van der Waals surface area contributed by atoms with Crippen LogP contribution in [0.4, 0.5) is 0 Å². The van der Waals surface area contributed by atoms with Gasteiger partial charge in [-0.3, -0.25) is 4.79 Å². The van der Waals surface area contributed by atoms with Crippen molar-refractivity contribution >= 4 is 41.8 Å². The second-order valence-electron chi connectivity index (χ2n) is 7.51. The van der Waals surface area contributed by atoms with Crippen LogP contribution in [0.2, 0.25) is 0 Å². The van der Waals surface area contributed by atoms with E-state index >= 15 is 0 Å². The molecule has 32 heavy (non-hydrogen) atoms. The lowest BCUT2D eigenvalue weighted by Crippen LogP contribution is -2.55. The normalized spacial score (nSPS) is 18.7. The zero-order valence-electron chi connectivity index (χ0n) is 19.0. The van der Waals surface area contributed by atoms with Crippen LogP contribution in [0.5, 0.6) is 5.75 Å². The minimum atomic E-state index is -0.443. The molecule has 0 bridgehead atoms. The Morgan fingerprint density at radius 1 is 1.19 bits per heavy atom. The monoisotopic (exact) mass is 560 g/mol. The highest BCUT2D eigenvalue weighted by Gasteiger charge is 2.30. The molecule has 10 heteroatoms. The first-order valence-electron chi connectivity index (χ1n) is 10.8. The number of rotatable bonds is 6. The lowest BCUT2D eigenvalue weighted by Gasteiger charge is -2.37. The minimum Gasteiger partial charge on any atom is -0.496 e. The lowest BCUT2D eigenvalue weighted by atomic mass is 10.1. The Labute approximate surface area is 206 Å². The Balaban J connectivity index is 0.00000363. The van der Waals surface area contributed by atoms with Gasteiger partial charge >= 0.3 is 5.97 Å². The van der Waals surface area contributed by atoms with Gasteiger partial charge < -0.3 is 29.3 Å². The number of nitrogens with one attached hydrogen (secondary N) is 1. The molecule has 3 rings (SSSR count). The number of carbonyl (C=O) groups excluding carboxylic acids is 2. The van der Waals surface area contributed by atoms with E-state index in [0.29, 0.717) is 50.6 Å².